The second kappa shape index (κ2) is 5.68. The van der Waals surface area contributed by atoms with E-state index in [0.29, 0.717) is 18.5 Å². The normalized spacial score (nSPS) is 26.6. The molecule has 1 unspecified atom stereocenters. The summed E-state index contributed by atoms with van der Waals surface area (Å²) in [7, 11) is 0. The SMILES string of the molecule is O=C1CN(Cc2[nH]c3cccc4c3c2C[C@H]2NCCCC42)CC(=O)N1. The third kappa shape index (κ3) is 2.48. The molecule has 1 aromatic carbocycles. The van der Waals surface area contributed by atoms with E-state index in [2.05, 4.69) is 33.8 Å². The summed E-state index contributed by atoms with van der Waals surface area (Å²) in [6.07, 6.45) is 3.50. The zero-order valence-electron chi connectivity index (χ0n) is 14.1. The Morgan fingerprint density at radius 3 is 2.84 bits per heavy atom. The van der Waals surface area contributed by atoms with Crippen LogP contribution in [0.25, 0.3) is 10.9 Å². The molecule has 2 atom stereocenters. The molecule has 2 saturated heterocycles. The fraction of sp³-hybridized carbons (Fsp3) is 0.474. The number of carbonyl (C=O) groups excluding carboxylic acids is 2. The Bertz CT molecular complexity index is 856. The molecule has 5 rings (SSSR count). The van der Waals surface area contributed by atoms with Gasteiger partial charge in [0.15, 0.2) is 0 Å². The number of rotatable bonds is 2. The van der Waals surface area contributed by atoms with E-state index in [0.717, 1.165) is 18.7 Å². The minimum atomic E-state index is -0.212. The van der Waals surface area contributed by atoms with Gasteiger partial charge in [-0.2, -0.15) is 0 Å². The topological polar surface area (TPSA) is 77.2 Å². The lowest BCUT2D eigenvalue weighted by Crippen LogP contribution is -2.51. The van der Waals surface area contributed by atoms with Crippen LogP contribution in [0.1, 0.15) is 35.6 Å². The van der Waals surface area contributed by atoms with Gasteiger partial charge >= 0.3 is 0 Å². The first kappa shape index (κ1) is 15.1. The number of fused-ring (bicyclic) bond motifs is 2. The number of benzene rings is 1. The van der Waals surface area contributed by atoms with Gasteiger partial charge in [-0.3, -0.25) is 19.8 Å². The number of aromatic amines is 1. The molecule has 6 heteroatoms. The molecule has 0 radical (unpaired) electrons. The molecule has 0 saturated carbocycles. The van der Waals surface area contributed by atoms with Crippen LogP contribution in [0.5, 0.6) is 0 Å². The van der Waals surface area contributed by atoms with Crippen molar-refractivity contribution in [1.29, 1.82) is 0 Å². The highest BCUT2D eigenvalue weighted by Crippen LogP contribution is 2.42. The van der Waals surface area contributed by atoms with E-state index in [1.165, 1.54) is 34.9 Å². The average molecular weight is 338 g/mol. The predicted molar refractivity (Wildman–Crippen MR) is 94.2 cm³/mol. The van der Waals surface area contributed by atoms with Gasteiger partial charge in [0.05, 0.1) is 13.1 Å². The Kier molecular flexibility index (Phi) is 3.43. The quantitative estimate of drug-likeness (QED) is 0.715. The maximum absolute atomic E-state index is 11.7. The van der Waals surface area contributed by atoms with Gasteiger partial charge in [0, 0.05) is 35.1 Å². The Morgan fingerprint density at radius 1 is 1.16 bits per heavy atom. The van der Waals surface area contributed by atoms with Crippen LogP contribution in [-0.4, -0.2) is 47.4 Å². The van der Waals surface area contributed by atoms with Crippen LogP contribution in [0.4, 0.5) is 0 Å². The first-order chi connectivity index (χ1) is 12.2. The highest BCUT2D eigenvalue weighted by Gasteiger charge is 2.35. The third-order valence-corrected chi connectivity index (χ3v) is 5.85. The van der Waals surface area contributed by atoms with E-state index >= 15 is 0 Å². The van der Waals surface area contributed by atoms with Crippen LogP contribution in [0.2, 0.25) is 0 Å². The van der Waals surface area contributed by atoms with Crippen LogP contribution in [0, 0.1) is 0 Å². The van der Waals surface area contributed by atoms with Gasteiger partial charge in [0.2, 0.25) is 11.8 Å². The van der Waals surface area contributed by atoms with Crippen LogP contribution in [-0.2, 0) is 22.6 Å². The highest BCUT2D eigenvalue weighted by atomic mass is 16.2. The first-order valence-electron chi connectivity index (χ1n) is 9.10. The van der Waals surface area contributed by atoms with Crippen molar-refractivity contribution in [3.8, 4) is 0 Å². The van der Waals surface area contributed by atoms with Crippen LogP contribution >= 0.6 is 0 Å². The van der Waals surface area contributed by atoms with Gasteiger partial charge in [-0.05, 0) is 43.0 Å². The molecule has 3 heterocycles. The summed E-state index contributed by atoms with van der Waals surface area (Å²) in [5, 5.41) is 7.43. The first-order valence-corrected chi connectivity index (χ1v) is 9.10. The molecule has 3 aliphatic rings. The maximum Gasteiger partial charge on any atom is 0.240 e. The van der Waals surface area contributed by atoms with Gasteiger partial charge in [0.1, 0.15) is 0 Å². The summed E-state index contributed by atoms with van der Waals surface area (Å²) in [5.41, 5.74) is 5.14. The zero-order chi connectivity index (χ0) is 17.0. The van der Waals surface area contributed by atoms with Gasteiger partial charge in [0.25, 0.3) is 0 Å². The summed E-state index contributed by atoms with van der Waals surface area (Å²) in [5.74, 6) is 0.169. The lowest BCUT2D eigenvalue weighted by atomic mass is 9.75. The minimum absolute atomic E-state index is 0.212. The van der Waals surface area contributed by atoms with Crippen LogP contribution in [0.3, 0.4) is 0 Å². The molecule has 3 N–H and O–H groups in total. The van der Waals surface area contributed by atoms with Crippen LogP contribution in [0.15, 0.2) is 18.2 Å². The average Bonchev–Trinajstić information content (AvgIpc) is 2.93. The summed E-state index contributed by atoms with van der Waals surface area (Å²) >= 11 is 0. The van der Waals surface area contributed by atoms with E-state index in [-0.39, 0.29) is 24.9 Å². The Labute approximate surface area is 146 Å². The molecule has 6 nitrogen and oxygen atoms in total. The Morgan fingerprint density at radius 2 is 2.00 bits per heavy atom. The minimum Gasteiger partial charge on any atom is -0.357 e. The zero-order valence-corrected chi connectivity index (χ0v) is 14.1. The summed E-state index contributed by atoms with van der Waals surface area (Å²) in [4.78, 5) is 28.8. The number of piperidine rings is 1. The number of amides is 2. The molecular weight excluding hydrogens is 316 g/mol. The van der Waals surface area contributed by atoms with E-state index in [4.69, 9.17) is 0 Å². The number of hydrogen-bond donors (Lipinski definition) is 3. The smallest absolute Gasteiger partial charge is 0.240 e. The molecule has 1 aliphatic carbocycles. The van der Waals surface area contributed by atoms with Gasteiger partial charge < -0.3 is 10.3 Å². The summed E-state index contributed by atoms with van der Waals surface area (Å²) in [6.45, 7) is 2.25. The maximum atomic E-state index is 11.7. The Balaban J connectivity index is 1.54. The molecule has 0 spiro atoms. The van der Waals surface area contributed by atoms with Gasteiger partial charge in [-0.15, -0.1) is 0 Å². The number of aromatic nitrogens is 1. The number of nitrogens with zero attached hydrogens (tertiary/aromatic N) is 1. The molecule has 2 aliphatic heterocycles. The number of imide groups is 1. The van der Waals surface area contributed by atoms with Crippen molar-refractivity contribution in [3.63, 3.8) is 0 Å². The predicted octanol–water partition coefficient (Wildman–Crippen LogP) is 1.02. The number of carbonyl (C=O) groups is 2. The van der Waals surface area contributed by atoms with Crippen molar-refractivity contribution in [1.82, 2.24) is 20.5 Å². The van der Waals surface area contributed by atoms with Crippen molar-refractivity contribution in [2.75, 3.05) is 19.6 Å². The number of piperazine rings is 1. The molecule has 1 aromatic heterocycles. The van der Waals surface area contributed by atoms with E-state index < -0.39 is 0 Å². The molecule has 2 fully saturated rings. The standard InChI is InChI=1S/C19H22N4O2/c24-17-9-23(10-18(25)22-17)8-16-13-7-15-11(4-2-6-20-15)12-3-1-5-14(21-16)19(12)13/h1,3,5,11,15,20-21H,2,4,6-10H2,(H,22,24,25)/t11?,15-/m1/s1. The fourth-order valence-electron chi connectivity index (χ4n) is 4.86. The summed E-state index contributed by atoms with van der Waals surface area (Å²) in [6, 6.07) is 7.03. The van der Waals surface area contributed by atoms with E-state index in [1.807, 2.05) is 4.90 Å². The summed E-state index contributed by atoms with van der Waals surface area (Å²) < 4.78 is 0. The van der Waals surface area contributed by atoms with Crippen molar-refractivity contribution < 1.29 is 9.59 Å². The molecule has 2 amide bonds. The number of nitrogens with one attached hydrogen (secondary N) is 3. The van der Waals surface area contributed by atoms with Crippen molar-refractivity contribution >= 4 is 22.7 Å². The van der Waals surface area contributed by atoms with Crippen molar-refractivity contribution in [3.05, 3.63) is 35.0 Å². The molecule has 25 heavy (non-hydrogen) atoms. The second-order valence-electron chi connectivity index (χ2n) is 7.48. The molecular formula is C19H22N4O2. The molecule has 0 bridgehead atoms. The second-order valence-corrected chi connectivity index (χ2v) is 7.48. The highest BCUT2D eigenvalue weighted by molar-refractivity contribution is 5.99. The van der Waals surface area contributed by atoms with Gasteiger partial charge in [-0.1, -0.05) is 12.1 Å². The lowest BCUT2D eigenvalue weighted by molar-refractivity contribution is -0.136. The molecule has 2 aromatic rings. The van der Waals surface area contributed by atoms with E-state index in [9.17, 15) is 9.59 Å². The fourth-order valence-corrected chi connectivity index (χ4v) is 4.86. The van der Waals surface area contributed by atoms with Gasteiger partial charge in [-0.25, -0.2) is 0 Å². The molecule has 130 valence electrons. The van der Waals surface area contributed by atoms with Crippen LogP contribution < -0.4 is 10.6 Å². The Hall–Kier alpha value is -2.18. The lowest BCUT2D eigenvalue weighted by Gasteiger charge is -2.37. The monoisotopic (exact) mass is 338 g/mol. The van der Waals surface area contributed by atoms with Crippen molar-refractivity contribution in [2.24, 2.45) is 0 Å². The largest absolute Gasteiger partial charge is 0.357 e. The van der Waals surface area contributed by atoms with Crippen molar-refractivity contribution in [2.45, 2.75) is 37.8 Å². The third-order valence-electron chi connectivity index (χ3n) is 5.85. The number of hydrogen-bond acceptors (Lipinski definition) is 4. The van der Waals surface area contributed by atoms with E-state index in [1.54, 1.807) is 0 Å². The number of H-pyrrole nitrogens is 1.